The smallest absolute Gasteiger partial charge is 0.508 e. The molecule has 1 aromatic rings. The highest BCUT2D eigenvalue weighted by molar-refractivity contribution is 6.47. The van der Waals surface area contributed by atoms with E-state index in [-0.39, 0.29) is 27.9 Å². The van der Waals surface area contributed by atoms with Crippen LogP contribution in [0.25, 0.3) is 0 Å². The normalized spacial score (nSPS) is 12.3. The number of hydrogen-bond acceptors (Lipinski definition) is 7. The lowest BCUT2D eigenvalue weighted by Crippen LogP contribution is -2.52. The lowest BCUT2D eigenvalue weighted by molar-refractivity contribution is -0.149. The van der Waals surface area contributed by atoms with E-state index in [0.29, 0.717) is 0 Å². The number of aliphatic carboxylic acids is 1. The first kappa shape index (κ1) is 31.2. The van der Waals surface area contributed by atoms with Gasteiger partial charge in [0.05, 0.1) is 35.4 Å². The van der Waals surface area contributed by atoms with Crippen molar-refractivity contribution in [2.24, 2.45) is 11.8 Å². The lowest BCUT2D eigenvalue weighted by Gasteiger charge is -2.24. The molecule has 36 heavy (non-hydrogen) atoms. The topological polar surface area (TPSA) is 162 Å². The Morgan fingerprint density at radius 3 is 2.31 bits per heavy atom. The van der Waals surface area contributed by atoms with Gasteiger partial charge in [-0.15, -0.1) is 0 Å². The van der Waals surface area contributed by atoms with Crippen molar-refractivity contribution < 1.29 is 38.8 Å². The molecule has 0 saturated heterocycles. The number of carbonyl (C=O) groups excluding carboxylic acids is 4. The second-order valence-electron chi connectivity index (χ2n) is 8.72. The van der Waals surface area contributed by atoms with Crippen LogP contribution in [0.5, 0.6) is 0 Å². The summed E-state index contributed by atoms with van der Waals surface area (Å²) < 4.78 is 5.03. The molecule has 1 aromatic carbocycles. The van der Waals surface area contributed by atoms with Crippen molar-refractivity contribution in [1.82, 2.24) is 15.5 Å². The van der Waals surface area contributed by atoms with E-state index in [1.54, 1.807) is 13.8 Å². The molecule has 0 saturated carbocycles. The third kappa shape index (κ3) is 10.8. The summed E-state index contributed by atoms with van der Waals surface area (Å²) in [5.74, 6) is -6.68. The number of nitrogens with one attached hydrogen (secondary N) is 2. The minimum absolute atomic E-state index is 0.0476. The summed E-state index contributed by atoms with van der Waals surface area (Å²) in [4.78, 5) is 61.6. The van der Waals surface area contributed by atoms with Crippen molar-refractivity contribution in [3.05, 3.63) is 33.8 Å². The molecule has 0 radical (unpaired) electrons. The second kappa shape index (κ2) is 14.7. The fourth-order valence-electron chi connectivity index (χ4n) is 3.08. The molecular weight excluding hydrogens is 516 g/mol. The Bertz CT molecular complexity index is 977. The van der Waals surface area contributed by atoms with Gasteiger partial charge in [0.25, 0.3) is 11.9 Å². The zero-order valence-corrected chi connectivity index (χ0v) is 21.9. The Kier molecular flexibility index (Phi) is 12.7. The first-order valence-electron chi connectivity index (χ1n) is 11.0. The van der Waals surface area contributed by atoms with Crippen LogP contribution in [0.1, 0.15) is 43.5 Å². The molecule has 0 bridgehead atoms. The molecule has 1 rings (SSSR count). The Balaban J connectivity index is 2.83. The number of nitrogens with zero attached hydrogens (tertiary/aromatic N) is 1. The monoisotopic (exact) mass is 545 g/mol. The molecule has 0 aliphatic heterocycles. The zero-order valence-electron chi connectivity index (χ0n) is 20.4. The van der Waals surface area contributed by atoms with Gasteiger partial charge in [0.15, 0.2) is 0 Å². The van der Waals surface area contributed by atoms with E-state index in [2.05, 4.69) is 10.6 Å². The van der Waals surface area contributed by atoms with Gasteiger partial charge >= 0.3 is 13.1 Å². The number of hydrogen-bond donors (Lipinski definition) is 4. The van der Waals surface area contributed by atoms with Crippen LogP contribution in [0, 0.1) is 11.8 Å². The summed E-state index contributed by atoms with van der Waals surface area (Å²) in [6, 6.07) is 4.28. The molecule has 2 atom stereocenters. The van der Waals surface area contributed by atoms with Crippen LogP contribution in [0.3, 0.4) is 0 Å². The molecule has 3 amide bonds. The standard InChI is InChI=1S/C22H30BCl2N3O8/c1-12(2)7-17(23(35)36-22(34)13(9-20(31)32)8-19(30)28(3)4)27-18(29)11-26-21(33)15-10-14(24)5-6-16(15)25/h5-6,10,12-13,17,35H,7-9,11H2,1-4H3,(H,26,33)(H,27,29)(H,31,32)/t13?,17-/m0/s1. The third-order valence-corrected chi connectivity index (χ3v) is 5.47. The highest BCUT2D eigenvalue weighted by Crippen LogP contribution is 2.20. The number of amides is 3. The second-order valence-corrected chi connectivity index (χ2v) is 9.57. The van der Waals surface area contributed by atoms with Crippen LogP contribution in [-0.4, -0.2) is 78.4 Å². The van der Waals surface area contributed by atoms with Gasteiger partial charge in [-0.2, -0.15) is 0 Å². The van der Waals surface area contributed by atoms with Gasteiger partial charge < -0.3 is 30.3 Å². The molecular formula is C22H30BCl2N3O8. The predicted molar refractivity (Wildman–Crippen MR) is 133 cm³/mol. The number of carbonyl (C=O) groups is 5. The maximum absolute atomic E-state index is 12.5. The van der Waals surface area contributed by atoms with Crippen LogP contribution in [0.4, 0.5) is 0 Å². The van der Waals surface area contributed by atoms with Crippen LogP contribution < -0.4 is 10.6 Å². The Morgan fingerprint density at radius 2 is 1.75 bits per heavy atom. The highest BCUT2D eigenvalue weighted by Gasteiger charge is 2.36. The van der Waals surface area contributed by atoms with Gasteiger partial charge in [-0.3, -0.25) is 24.0 Å². The Labute approximate surface area is 219 Å². The van der Waals surface area contributed by atoms with Gasteiger partial charge in [0.2, 0.25) is 11.8 Å². The van der Waals surface area contributed by atoms with Crippen LogP contribution in [0.15, 0.2) is 18.2 Å². The summed E-state index contributed by atoms with van der Waals surface area (Å²) in [6.45, 7) is 3.13. The summed E-state index contributed by atoms with van der Waals surface area (Å²) in [5.41, 5.74) is 0.0707. The highest BCUT2D eigenvalue weighted by atomic mass is 35.5. The number of rotatable bonds is 13. The quantitative estimate of drug-likeness (QED) is 0.270. The number of carboxylic acid groups (broad SMARTS) is 1. The third-order valence-electron chi connectivity index (χ3n) is 4.91. The summed E-state index contributed by atoms with van der Waals surface area (Å²) in [7, 11) is 1.08. The van der Waals surface area contributed by atoms with Crippen LogP contribution in [0.2, 0.25) is 10.0 Å². The first-order chi connectivity index (χ1) is 16.7. The van der Waals surface area contributed by atoms with Crippen molar-refractivity contribution in [2.75, 3.05) is 20.6 Å². The van der Waals surface area contributed by atoms with Gasteiger partial charge in [0, 0.05) is 25.5 Å². The maximum atomic E-state index is 12.5. The number of benzene rings is 1. The molecule has 0 aliphatic carbocycles. The molecule has 0 heterocycles. The summed E-state index contributed by atoms with van der Waals surface area (Å²) >= 11 is 11.9. The molecule has 14 heteroatoms. The maximum Gasteiger partial charge on any atom is 0.548 e. The van der Waals surface area contributed by atoms with E-state index >= 15 is 0 Å². The molecule has 4 N–H and O–H groups in total. The molecule has 0 fully saturated rings. The van der Waals surface area contributed by atoms with Crippen LogP contribution in [-0.2, 0) is 23.8 Å². The van der Waals surface area contributed by atoms with E-state index < -0.39 is 68.0 Å². The van der Waals surface area contributed by atoms with E-state index in [4.69, 9.17) is 33.0 Å². The van der Waals surface area contributed by atoms with E-state index in [0.717, 1.165) is 0 Å². The molecule has 0 spiro atoms. The summed E-state index contributed by atoms with van der Waals surface area (Å²) in [5, 5.41) is 24.9. The largest absolute Gasteiger partial charge is 0.548 e. The Morgan fingerprint density at radius 1 is 1.11 bits per heavy atom. The minimum atomic E-state index is -1.83. The molecule has 0 aliphatic rings. The minimum Gasteiger partial charge on any atom is -0.508 e. The molecule has 198 valence electrons. The fourth-order valence-corrected chi connectivity index (χ4v) is 3.46. The number of halogens is 2. The SMILES string of the molecule is CC(C)C[C@H](NC(=O)CNC(=O)c1cc(Cl)ccc1Cl)B(O)OC(=O)C(CC(=O)O)CC(=O)N(C)C. The van der Waals surface area contributed by atoms with E-state index in [1.165, 1.54) is 37.2 Å². The summed E-state index contributed by atoms with van der Waals surface area (Å²) in [6.07, 6.45) is -0.914. The van der Waals surface area contributed by atoms with Crippen molar-refractivity contribution >= 4 is 60.0 Å². The Hall–Kier alpha value is -2.83. The van der Waals surface area contributed by atoms with Crippen molar-refractivity contribution in [3.8, 4) is 0 Å². The zero-order chi connectivity index (χ0) is 27.6. The van der Waals surface area contributed by atoms with Crippen molar-refractivity contribution in [1.29, 1.82) is 0 Å². The molecule has 11 nitrogen and oxygen atoms in total. The average Bonchev–Trinajstić information content (AvgIpc) is 2.77. The van der Waals surface area contributed by atoms with Gasteiger partial charge in [0.1, 0.15) is 0 Å². The number of carboxylic acids is 1. The predicted octanol–water partition coefficient (Wildman–Crippen LogP) is 1.39. The molecule has 1 unspecified atom stereocenters. The van der Waals surface area contributed by atoms with Crippen molar-refractivity contribution in [3.63, 3.8) is 0 Å². The van der Waals surface area contributed by atoms with Crippen molar-refractivity contribution in [2.45, 2.75) is 39.1 Å². The van der Waals surface area contributed by atoms with Crippen LogP contribution >= 0.6 is 23.2 Å². The molecule has 0 aromatic heterocycles. The first-order valence-corrected chi connectivity index (χ1v) is 11.8. The lowest BCUT2D eigenvalue weighted by atomic mass is 9.74. The van der Waals surface area contributed by atoms with Gasteiger partial charge in [-0.25, -0.2) is 0 Å². The van der Waals surface area contributed by atoms with Gasteiger partial charge in [-0.05, 0) is 30.5 Å². The van der Waals surface area contributed by atoms with Gasteiger partial charge in [-0.1, -0.05) is 37.0 Å². The fraction of sp³-hybridized carbons (Fsp3) is 0.500. The van der Waals surface area contributed by atoms with E-state index in [1.807, 2.05) is 0 Å². The van der Waals surface area contributed by atoms with E-state index in [9.17, 15) is 29.0 Å². The average molecular weight is 546 g/mol.